The van der Waals surface area contributed by atoms with Gasteiger partial charge in [0, 0.05) is 25.6 Å². The maximum absolute atomic E-state index is 12.3. The van der Waals surface area contributed by atoms with Crippen LogP contribution in [0.15, 0.2) is 42.6 Å². The number of pyridine rings is 1. The number of ether oxygens (including phenoxy) is 1. The van der Waals surface area contributed by atoms with Crippen LogP contribution in [0.4, 0.5) is 0 Å². The largest absolute Gasteiger partial charge is 0.385 e. The number of carbonyl (C=O) groups is 1. The number of methoxy groups -OCH3 is 1. The Morgan fingerprint density at radius 1 is 1.25 bits per heavy atom. The van der Waals surface area contributed by atoms with Crippen LogP contribution in [0.3, 0.4) is 0 Å². The van der Waals surface area contributed by atoms with Gasteiger partial charge in [0.25, 0.3) is 5.91 Å². The zero-order valence-corrected chi connectivity index (χ0v) is 13.8. The van der Waals surface area contributed by atoms with Crippen molar-refractivity contribution in [1.29, 1.82) is 0 Å². The molecule has 1 aromatic carbocycles. The van der Waals surface area contributed by atoms with Gasteiger partial charge in [-0.25, -0.2) is 9.67 Å². The highest BCUT2D eigenvalue weighted by molar-refractivity contribution is 5.95. The highest BCUT2D eigenvalue weighted by Gasteiger charge is 2.15. The maximum atomic E-state index is 12.3. The number of para-hydroxylation sites is 1. The molecular weight excluding hydrogens is 304 g/mol. The van der Waals surface area contributed by atoms with Crippen molar-refractivity contribution in [2.75, 3.05) is 20.3 Å². The number of benzene rings is 1. The summed E-state index contributed by atoms with van der Waals surface area (Å²) >= 11 is 0. The molecule has 124 valence electrons. The van der Waals surface area contributed by atoms with Crippen LogP contribution in [-0.2, 0) is 4.74 Å². The number of aromatic nitrogens is 3. The van der Waals surface area contributed by atoms with Crippen LogP contribution in [-0.4, -0.2) is 40.9 Å². The molecule has 0 atom stereocenters. The van der Waals surface area contributed by atoms with Gasteiger partial charge in [-0.15, -0.1) is 0 Å². The third-order valence-corrected chi connectivity index (χ3v) is 3.87. The second kappa shape index (κ2) is 7.23. The Balaban J connectivity index is 1.82. The van der Waals surface area contributed by atoms with Gasteiger partial charge in [0.15, 0.2) is 5.82 Å². The van der Waals surface area contributed by atoms with Crippen molar-refractivity contribution >= 4 is 16.8 Å². The number of hydrogen-bond donors (Lipinski definition) is 1. The quantitative estimate of drug-likeness (QED) is 0.707. The van der Waals surface area contributed by atoms with Gasteiger partial charge in [0.05, 0.1) is 23.0 Å². The van der Waals surface area contributed by atoms with E-state index >= 15 is 0 Å². The molecule has 1 amide bonds. The molecule has 0 bridgehead atoms. The zero-order valence-electron chi connectivity index (χ0n) is 13.8. The molecule has 24 heavy (non-hydrogen) atoms. The van der Waals surface area contributed by atoms with Crippen molar-refractivity contribution in [2.45, 2.75) is 13.3 Å². The van der Waals surface area contributed by atoms with E-state index in [0.29, 0.717) is 24.5 Å². The van der Waals surface area contributed by atoms with Crippen molar-refractivity contribution in [3.8, 4) is 5.82 Å². The molecule has 0 aliphatic carbocycles. The fourth-order valence-electron chi connectivity index (χ4n) is 2.55. The Morgan fingerprint density at radius 2 is 2.08 bits per heavy atom. The molecule has 0 fully saturated rings. The Labute approximate surface area is 140 Å². The van der Waals surface area contributed by atoms with E-state index in [4.69, 9.17) is 4.74 Å². The van der Waals surface area contributed by atoms with Crippen molar-refractivity contribution in [3.63, 3.8) is 0 Å². The molecule has 3 rings (SSSR count). The lowest BCUT2D eigenvalue weighted by Gasteiger charge is -2.07. The number of rotatable bonds is 6. The first kappa shape index (κ1) is 16.1. The first-order chi connectivity index (χ1) is 11.7. The molecule has 0 radical (unpaired) electrons. The molecule has 6 nitrogen and oxygen atoms in total. The van der Waals surface area contributed by atoms with Gasteiger partial charge in [0.2, 0.25) is 0 Å². The topological polar surface area (TPSA) is 69.0 Å². The summed E-state index contributed by atoms with van der Waals surface area (Å²) in [7, 11) is 1.65. The number of nitrogens with zero attached hydrogens (tertiary/aromatic N) is 3. The summed E-state index contributed by atoms with van der Waals surface area (Å²) in [4.78, 5) is 16.9. The normalized spacial score (nSPS) is 10.9. The van der Waals surface area contributed by atoms with Crippen LogP contribution < -0.4 is 5.32 Å². The average molecular weight is 324 g/mol. The van der Waals surface area contributed by atoms with Gasteiger partial charge in [-0.1, -0.05) is 18.2 Å². The van der Waals surface area contributed by atoms with Crippen molar-refractivity contribution < 1.29 is 9.53 Å². The summed E-state index contributed by atoms with van der Waals surface area (Å²) in [6.45, 7) is 3.07. The van der Waals surface area contributed by atoms with Crippen molar-refractivity contribution in [3.05, 3.63) is 53.9 Å². The number of fused-ring (bicyclic) bond motifs is 1. The molecule has 0 aliphatic heterocycles. The van der Waals surface area contributed by atoms with Gasteiger partial charge in [-0.05, 0) is 31.5 Å². The zero-order chi connectivity index (χ0) is 16.9. The molecule has 3 aromatic rings. The molecular formula is C18H20N4O2. The number of nitrogens with one attached hydrogen (secondary N) is 1. The standard InChI is InChI=1S/C18H20N4O2/c1-13-15(18(23)19-10-5-11-24-2)12-20-22(13)17-9-8-14-6-3-4-7-16(14)21-17/h3-4,6-9,12H,5,10-11H2,1-2H3,(H,19,23). The number of carbonyl (C=O) groups excluding carboxylic acids is 1. The summed E-state index contributed by atoms with van der Waals surface area (Å²) in [6, 6.07) is 11.8. The van der Waals surface area contributed by atoms with Gasteiger partial charge < -0.3 is 10.1 Å². The molecule has 0 spiro atoms. The predicted octanol–water partition coefficient (Wildman–Crippen LogP) is 2.50. The van der Waals surface area contributed by atoms with E-state index < -0.39 is 0 Å². The van der Waals surface area contributed by atoms with Crippen molar-refractivity contribution in [1.82, 2.24) is 20.1 Å². The van der Waals surface area contributed by atoms with Crippen molar-refractivity contribution in [2.24, 2.45) is 0 Å². The molecule has 2 aromatic heterocycles. The lowest BCUT2D eigenvalue weighted by molar-refractivity contribution is 0.0948. The van der Waals surface area contributed by atoms with Crippen LogP contribution in [0.1, 0.15) is 22.5 Å². The first-order valence-electron chi connectivity index (χ1n) is 7.88. The minimum absolute atomic E-state index is 0.129. The monoisotopic (exact) mass is 324 g/mol. The lowest BCUT2D eigenvalue weighted by Crippen LogP contribution is -2.25. The molecule has 6 heteroatoms. The molecule has 2 heterocycles. The summed E-state index contributed by atoms with van der Waals surface area (Å²) in [5.74, 6) is 0.570. The van der Waals surface area contributed by atoms with E-state index in [1.165, 1.54) is 0 Å². The molecule has 0 unspecified atom stereocenters. The third-order valence-electron chi connectivity index (χ3n) is 3.87. The van der Waals surface area contributed by atoms with E-state index in [2.05, 4.69) is 15.4 Å². The number of amides is 1. The SMILES string of the molecule is COCCCNC(=O)c1cnn(-c2ccc3ccccc3n2)c1C. The molecule has 0 saturated heterocycles. The average Bonchev–Trinajstić information content (AvgIpc) is 2.99. The van der Waals surface area contributed by atoms with Crippen LogP contribution >= 0.6 is 0 Å². The van der Waals surface area contributed by atoms with E-state index in [1.54, 1.807) is 18.0 Å². The van der Waals surface area contributed by atoms with E-state index in [9.17, 15) is 4.79 Å². The van der Waals surface area contributed by atoms with Gasteiger partial charge in [-0.3, -0.25) is 4.79 Å². The second-order valence-corrected chi connectivity index (χ2v) is 5.52. The molecule has 0 aliphatic rings. The molecule has 1 N–H and O–H groups in total. The third kappa shape index (κ3) is 3.28. The Morgan fingerprint density at radius 3 is 2.92 bits per heavy atom. The minimum Gasteiger partial charge on any atom is -0.385 e. The van der Waals surface area contributed by atoms with Crippen LogP contribution in [0.25, 0.3) is 16.7 Å². The summed E-state index contributed by atoms with van der Waals surface area (Å²) < 4.78 is 6.67. The Hall–Kier alpha value is -2.73. The smallest absolute Gasteiger partial charge is 0.254 e. The van der Waals surface area contributed by atoms with Gasteiger partial charge in [0.1, 0.15) is 0 Å². The fraction of sp³-hybridized carbons (Fsp3) is 0.278. The van der Waals surface area contributed by atoms with Crippen LogP contribution in [0.2, 0.25) is 0 Å². The highest BCUT2D eigenvalue weighted by Crippen LogP contribution is 2.17. The predicted molar refractivity (Wildman–Crippen MR) is 92.4 cm³/mol. The maximum Gasteiger partial charge on any atom is 0.254 e. The first-order valence-corrected chi connectivity index (χ1v) is 7.88. The minimum atomic E-state index is -0.129. The van der Waals surface area contributed by atoms with E-state index in [1.807, 2.05) is 43.3 Å². The second-order valence-electron chi connectivity index (χ2n) is 5.52. The Kier molecular flexibility index (Phi) is 4.86. The number of hydrogen-bond acceptors (Lipinski definition) is 4. The lowest BCUT2D eigenvalue weighted by atomic mass is 10.2. The van der Waals surface area contributed by atoms with E-state index in [0.717, 1.165) is 23.0 Å². The van der Waals surface area contributed by atoms with Crippen LogP contribution in [0.5, 0.6) is 0 Å². The molecule has 0 saturated carbocycles. The van der Waals surface area contributed by atoms with Crippen LogP contribution in [0, 0.1) is 6.92 Å². The van der Waals surface area contributed by atoms with Gasteiger partial charge >= 0.3 is 0 Å². The fourth-order valence-corrected chi connectivity index (χ4v) is 2.55. The highest BCUT2D eigenvalue weighted by atomic mass is 16.5. The summed E-state index contributed by atoms with van der Waals surface area (Å²) in [6.07, 6.45) is 2.36. The van der Waals surface area contributed by atoms with Gasteiger partial charge in [-0.2, -0.15) is 5.10 Å². The Bertz CT molecular complexity index is 857. The summed E-state index contributed by atoms with van der Waals surface area (Å²) in [5.41, 5.74) is 2.22. The summed E-state index contributed by atoms with van der Waals surface area (Å²) in [5, 5.41) is 8.27. The van der Waals surface area contributed by atoms with E-state index in [-0.39, 0.29) is 5.91 Å².